The summed E-state index contributed by atoms with van der Waals surface area (Å²) < 4.78 is 68.8. The van der Waals surface area contributed by atoms with Crippen molar-refractivity contribution in [1.29, 1.82) is 0 Å². The summed E-state index contributed by atoms with van der Waals surface area (Å²) in [6, 6.07) is -1.89. The van der Waals surface area contributed by atoms with E-state index in [4.69, 9.17) is 32.7 Å². The average Bonchev–Trinajstić information content (AvgIpc) is 0.774. The number of hydrogen-bond acceptors (Lipinski definition) is 20. The van der Waals surface area contributed by atoms with Crippen molar-refractivity contribution in [2.24, 2.45) is 0 Å². The number of allylic oxidation sites excluding steroid dienone is 21. The molecule has 2 unspecified atom stereocenters. The molecule has 3 fully saturated rings. The van der Waals surface area contributed by atoms with E-state index >= 15 is 0 Å². The molecule has 100 heavy (non-hydrogen) atoms. The summed E-state index contributed by atoms with van der Waals surface area (Å²) in [5.41, 5.74) is 15.0. The van der Waals surface area contributed by atoms with Crippen LogP contribution in [-0.4, -0.2) is 180 Å². The number of carbonyl (C=O) groups excluding carboxylic acids is 1. The van der Waals surface area contributed by atoms with Gasteiger partial charge in [-0.1, -0.05) is 128 Å². The van der Waals surface area contributed by atoms with Crippen molar-refractivity contribution in [3.8, 4) is 0 Å². The van der Waals surface area contributed by atoms with Crippen molar-refractivity contribution in [2.45, 2.75) is 310 Å². The Morgan fingerprint density at radius 2 is 0.660 bits per heavy atom. The highest BCUT2D eigenvalue weighted by molar-refractivity contribution is 7.61. The second-order valence-corrected chi connectivity index (χ2v) is 30.6. The molecule has 25 heteroatoms. The minimum absolute atomic E-state index is 0.526. The van der Waals surface area contributed by atoms with Gasteiger partial charge in [0.2, 0.25) is 5.91 Å². The van der Waals surface area contributed by atoms with Crippen LogP contribution in [0.2, 0.25) is 0 Å². The lowest BCUT2D eigenvalue weighted by Gasteiger charge is -2.49. The fourth-order valence-corrected chi connectivity index (χ4v) is 13.7. The molecule has 0 radical (unpaired) electrons. The molecule has 17 atom stereocenters. The summed E-state index contributed by atoms with van der Waals surface area (Å²) in [4.78, 5) is 33.8. The molecule has 3 aliphatic heterocycles. The predicted molar refractivity (Wildman–Crippen MR) is 388 cm³/mol. The van der Waals surface area contributed by atoms with Crippen LogP contribution in [0.3, 0.4) is 0 Å². The summed E-state index contributed by atoms with van der Waals surface area (Å²) in [5.74, 6) is -0.891. The number of phosphoric ester groups is 2. The highest BCUT2D eigenvalue weighted by atomic mass is 31.3. The van der Waals surface area contributed by atoms with Gasteiger partial charge in [0.15, 0.2) is 18.9 Å². The predicted octanol–water partition coefficient (Wildman–Crippen LogP) is 12.1. The monoisotopic (exact) mass is 1450 g/mol. The fourth-order valence-electron chi connectivity index (χ4n) is 11.6. The van der Waals surface area contributed by atoms with Gasteiger partial charge in [0.05, 0.1) is 26.4 Å². The molecule has 3 heterocycles. The zero-order valence-corrected chi connectivity index (χ0v) is 63.6. The van der Waals surface area contributed by atoms with Crippen molar-refractivity contribution in [2.75, 3.05) is 26.4 Å². The van der Waals surface area contributed by atoms with Crippen molar-refractivity contribution in [3.63, 3.8) is 0 Å². The van der Waals surface area contributed by atoms with Crippen LogP contribution in [0.25, 0.3) is 0 Å². The quantitative estimate of drug-likeness (QED) is 0.0199. The first-order valence-corrected chi connectivity index (χ1v) is 38.5. The molecule has 3 rings (SSSR count). The molecule has 3 saturated heterocycles. The Bertz CT molecular complexity index is 2920. The Kier molecular flexibility index (Phi) is 43.2. The lowest BCUT2D eigenvalue weighted by atomic mass is 9.95. The van der Waals surface area contributed by atoms with Crippen LogP contribution in [0.5, 0.6) is 0 Å². The highest BCUT2D eigenvalue weighted by Gasteiger charge is 2.55. The van der Waals surface area contributed by atoms with Crippen molar-refractivity contribution < 1.29 is 107 Å². The highest BCUT2D eigenvalue weighted by Crippen LogP contribution is 2.61. The number of aliphatic hydroxyl groups excluding tert-OH is 9. The third kappa shape index (κ3) is 35.4. The first-order chi connectivity index (χ1) is 47.2. The van der Waals surface area contributed by atoms with Crippen LogP contribution in [0.1, 0.15) is 218 Å². The van der Waals surface area contributed by atoms with Crippen LogP contribution in [0, 0.1) is 0 Å². The van der Waals surface area contributed by atoms with E-state index < -0.39 is 140 Å². The molecule has 0 aromatic heterocycles. The number of rotatable bonds is 45. The van der Waals surface area contributed by atoms with Crippen molar-refractivity contribution >= 4 is 21.6 Å². The lowest BCUT2D eigenvalue weighted by molar-refractivity contribution is -0.372. The molecule has 12 N–H and O–H groups in total. The summed E-state index contributed by atoms with van der Waals surface area (Å²) in [6.07, 6.45) is 18.8. The normalized spacial score (nSPS) is 28.8. The van der Waals surface area contributed by atoms with Crippen LogP contribution in [0.4, 0.5) is 0 Å². The minimum atomic E-state index is -5.76. The molecule has 0 bridgehead atoms. The Labute approximate surface area is 596 Å². The van der Waals surface area contributed by atoms with Gasteiger partial charge in [-0.15, -0.1) is 0 Å². The van der Waals surface area contributed by atoms with Gasteiger partial charge in [-0.3, -0.25) is 13.8 Å². The smallest absolute Gasteiger partial charge is 0.394 e. The Balaban J connectivity index is 1.38. The Hall–Kier alpha value is -3.69. The lowest BCUT2D eigenvalue weighted by Crippen LogP contribution is -2.68. The third-order valence-electron chi connectivity index (χ3n) is 18.0. The Morgan fingerprint density at radius 1 is 0.370 bits per heavy atom. The maximum atomic E-state index is 13.4. The van der Waals surface area contributed by atoms with Crippen LogP contribution in [-0.2, 0) is 51.0 Å². The van der Waals surface area contributed by atoms with E-state index in [1.165, 1.54) is 61.8 Å². The molecule has 0 aromatic carbocycles. The SMILES string of the molecule is CC(=O)N[C@H]1[C@@H](OP(=O)(O)OP(=O)(O)OC/C=C(/C)CC/C=C(/C)CC/C=C(/C)CC/C=C(/C)CC/C=C(/C)CC/C=C(/C)CC/C=C(/C)CC/C=C(/C)CC/C=C(\C)CC/C=C(\C)CCC=C(C)C)O[C@H](CO)[C@@H](O)[C@@H]1O[C@H]1O[C@H](CO)[C@@H](O)[C@H](O[C@H]2O[C@H](CO)[C@@H](O)[C@H](O)[C@@H]2O)[C@@H]1O. The van der Waals surface area contributed by atoms with E-state index in [9.17, 15) is 69.7 Å². The molecular formula is C75H125NO22P2. The van der Waals surface area contributed by atoms with Gasteiger partial charge in [0.25, 0.3) is 0 Å². The number of phosphoric acid groups is 2. The van der Waals surface area contributed by atoms with Gasteiger partial charge in [-0.05, 0) is 212 Å². The van der Waals surface area contributed by atoms with E-state index in [1.807, 2.05) is 0 Å². The summed E-state index contributed by atoms with van der Waals surface area (Å²) in [7, 11) is -11.2. The van der Waals surface area contributed by atoms with Crippen molar-refractivity contribution in [1.82, 2.24) is 5.32 Å². The second kappa shape index (κ2) is 47.7. The molecular weight excluding hydrogens is 1330 g/mol. The van der Waals surface area contributed by atoms with E-state index in [0.717, 1.165) is 128 Å². The van der Waals surface area contributed by atoms with Gasteiger partial charge in [-0.25, -0.2) is 9.13 Å². The number of ether oxygens (including phenoxy) is 5. The molecule has 0 aliphatic carbocycles. The standard InChI is InChI=1S/C75H125NO22P2/c1-49(2)24-14-25-50(3)26-15-27-51(4)28-16-29-52(5)30-17-31-53(6)32-18-33-54(7)34-19-35-55(8)36-20-37-56(9)38-21-39-57(10)40-22-41-58(11)42-23-43-59(12)44-45-91-99(87,88)98-100(89,90)97-73-64(76-60(13)80)71(66(82)62(47-78)92-73)95-75-70(86)72(67(83)63(48-79)94-75)96-74-69(85)68(84)65(81)61(46-77)93-74/h24,26,28,30,32,34,36,38,40,42,44,61-75,77-79,81-86H,14-23,25,27,29,31,33,35,37,39,41,43,45-48H2,1-13H3,(H,76,80)(H,87,88)(H,89,90)/b50-26+,51-28+,52-30-,53-32-,54-34-,55-36-,56-38-,57-40-,58-42-,59-44-/t61-,62-,63-,64-,65-,66-,67-,68+,69+,70+,71-,72+,73-,74-,75-/m1/s1. The van der Waals surface area contributed by atoms with Crippen LogP contribution >= 0.6 is 15.6 Å². The second-order valence-electron chi connectivity index (χ2n) is 27.6. The van der Waals surface area contributed by atoms with E-state index in [1.54, 1.807) is 6.92 Å². The number of nitrogens with one attached hydrogen (secondary N) is 1. The Morgan fingerprint density at radius 3 is 0.990 bits per heavy atom. The van der Waals surface area contributed by atoms with E-state index in [-0.39, 0.29) is 0 Å². The summed E-state index contributed by atoms with van der Waals surface area (Å²) in [5, 5.41) is 96.9. The van der Waals surface area contributed by atoms with E-state index in [2.05, 4.69) is 147 Å². The van der Waals surface area contributed by atoms with Crippen LogP contribution < -0.4 is 5.32 Å². The summed E-state index contributed by atoms with van der Waals surface area (Å²) in [6.45, 7) is 23.7. The molecule has 0 spiro atoms. The topological polar surface area (TPSA) is 360 Å². The minimum Gasteiger partial charge on any atom is -0.394 e. The maximum Gasteiger partial charge on any atom is 0.483 e. The summed E-state index contributed by atoms with van der Waals surface area (Å²) >= 11 is 0. The van der Waals surface area contributed by atoms with Gasteiger partial charge >= 0.3 is 15.6 Å². The number of hydrogen-bond donors (Lipinski definition) is 12. The van der Waals surface area contributed by atoms with E-state index in [0.29, 0.717) is 12.8 Å². The van der Waals surface area contributed by atoms with Crippen molar-refractivity contribution in [3.05, 3.63) is 128 Å². The average molecular weight is 1450 g/mol. The molecule has 572 valence electrons. The first kappa shape index (κ1) is 90.5. The maximum absolute atomic E-state index is 13.4. The van der Waals surface area contributed by atoms with Gasteiger partial charge in [0, 0.05) is 6.92 Å². The van der Waals surface area contributed by atoms with Crippen LogP contribution in [0.15, 0.2) is 128 Å². The molecule has 1 amide bonds. The number of aliphatic hydroxyl groups is 9. The molecule has 3 aliphatic rings. The van der Waals surface area contributed by atoms with Gasteiger partial charge in [-0.2, -0.15) is 4.31 Å². The molecule has 0 aromatic rings. The third-order valence-corrected chi connectivity index (χ3v) is 20.6. The number of amides is 1. The largest absolute Gasteiger partial charge is 0.483 e. The zero-order valence-electron chi connectivity index (χ0n) is 61.8. The van der Waals surface area contributed by atoms with Gasteiger partial charge in [0.1, 0.15) is 73.2 Å². The van der Waals surface area contributed by atoms with Gasteiger partial charge < -0.3 is 84.7 Å². The first-order valence-electron chi connectivity index (χ1n) is 35.5. The zero-order chi connectivity index (χ0) is 74.7. The fraction of sp³-hybridized carbons (Fsp3) is 0.693. The molecule has 0 saturated carbocycles. The molecule has 23 nitrogen and oxygen atoms in total. The number of carbonyl (C=O) groups is 1.